The molecule has 1 aromatic carbocycles. The quantitative estimate of drug-likeness (QED) is 0.557. The number of rotatable bonds is 7. The number of primary amides is 1. The molecule has 0 radical (unpaired) electrons. The van der Waals surface area contributed by atoms with Gasteiger partial charge in [-0.1, -0.05) is 12.1 Å². The molecular formula is C12H18N2O3. The van der Waals surface area contributed by atoms with Crippen molar-refractivity contribution >= 4 is 5.91 Å². The number of benzene rings is 1. The van der Waals surface area contributed by atoms with Gasteiger partial charge in [-0.25, -0.2) is 0 Å². The Bertz CT molecular complexity index is 367. The Kier molecular flexibility index (Phi) is 5.45. The van der Waals surface area contributed by atoms with Gasteiger partial charge < -0.3 is 10.5 Å². The van der Waals surface area contributed by atoms with Crippen molar-refractivity contribution in [1.82, 2.24) is 5.06 Å². The molecule has 0 saturated heterocycles. The number of nitrogens with two attached hydrogens (primary N) is 1. The Morgan fingerprint density at radius 2 is 2.12 bits per heavy atom. The highest BCUT2D eigenvalue weighted by Crippen LogP contribution is 2.13. The molecule has 0 heterocycles. The summed E-state index contributed by atoms with van der Waals surface area (Å²) in [4.78, 5) is 16.0. The van der Waals surface area contributed by atoms with Gasteiger partial charge in [0.1, 0.15) is 19.0 Å². The second-order valence-electron chi connectivity index (χ2n) is 3.78. The minimum atomic E-state index is -0.349. The molecule has 0 atom stereocenters. The molecule has 1 aromatic rings. The Hall–Kier alpha value is -1.59. The molecule has 0 spiro atoms. The number of hydrogen-bond acceptors (Lipinski definition) is 4. The lowest BCUT2D eigenvalue weighted by molar-refractivity contribution is -0.126. The molecule has 1 rings (SSSR count). The average molecular weight is 238 g/mol. The van der Waals surface area contributed by atoms with Crippen LogP contribution in [0.5, 0.6) is 5.75 Å². The molecule has 5 nitrogen and oxygen atoms in total. The minimum Gasteiger partial charge on any atom is -0.491 e. The third kappa shape index (κ3) is 5.89. The first kappa shape index (κ1) is 13.5. The summed E-state index contributed by atoms with van der Waals surface area (Å²) in [6.07, 6.45) is 0.228. The van der Waals surface area contributed by atoms with Crippen LogP contribution in [0, 0.1) is 0 Å². The second kappa shape index (κ2) is 6.88. The number of carbonyl (C=O) groups excluding carboxylic acids is 1. The summed E-state index contributed by atoms with van der Waals surface area (Å²) >= 11 is 0. The van der Waals surface area contributed by atoms with E-state index in [-0.39, 0.29) is 12.3 Å². The number of ether oxygens (including phenoxy) is 1. The van der Waals surface area contributed by atoms with E-state index in [1.807, 2.05) is 32.3 Å². The molecular weight excluding hydrogens is 220 g/mol. The largest absolute Gasteiger partial charge is 0.491 e. The van der Waals surface area contributed by atoms with Crippen LogP contribution in [0.1, 0.15) is 5.56 Å². The van der Waals surface area contributed by atoms with Crippen molar-refractivity contribution in [2.45, 2.75) is 6.42 Å². The fraction of sp³-hybridized carbons (Fsp3) is 0.417. The SMILES string of the molecule is CN(C)OCCOc1cccc(CC(N)=O)c1. The topological polar surface area (TPSA) is 64.8 Å². The number of hydroxylamine groups is 2. The van der Waals surface area contributed by atoms with Gasteiger partial charge in [-0.2, -0.15) is 5.06 Å². The van der Waals surface area contributed by atoms with E-state index in [2.05, 4.69) is 0 Å². The molecule has 0 bridgehead atoms. The van der Waals surface area contributed by atoms with E-state index in [1.54, 1.807) is 11.1 Å². The molecule has 2 N–H and O–H groups in total. The summed E-state index contributed by atoms with van der Waals surface area (Å²) in [7, 11) is 3.63. The number of nitrogens with zero attached hydrogens (tertiary/aromatic N) is 1. The fourth-order valence-corrected chi connectivity index (χ4v) is 1.33. The summed E-state index contributed by atoms with van der Waals surface area (Å²) in [6, 6.07) is 7.31. The third-order valence-corrected chi connectivity index (χ3v) is 1.98. The molecule has 0 aliphatic carbocycles. The average Bonchev–Trinajstić information content (AvgIpc) is 2.24. The van der Waals surface area contributed by atoms with E-state index in [0.717, 1.165) is 5.56 Å². The molecule has 0 unspecified atom stereocenters. The third-order valence-electron chi connectivity index (χ3n) is 1.98. The van der Waals surface area contributed by atoms with E-state index in [9.17, 15) is 4.79 Å². The van der Waals surface area contributed by atoms with Gasteiger partial charge >= 0.3 is 0 Å². The van der Waals surface area contributed by atoms with E-state index < -0.39 is 0 Å². The van der Waals surface area contributed by atoms with Gasteiger partial charge in [-0.3, -0.25) is 9.63 Å². The zero-order chi connectivity index (χ0) is 12.7. The molecule has 0 aromatic heterocycles. The zero-order valence-electron chi connectivity index (χ0n) is 10.2. The van der Waals surface area contributed by atoms with Crippen LogP contribution >= 0.6 is 0 Å². The molecule has 0 aliphatic rings. The smallest absolute Gasteiger partial charge is 0.221 e. The summed E-state index contributed by atoms with van der Waals surface area (Å²) in [5.74, 6) is 0.365. The highest BCUT2D eigenvalue weighted by Gasteiger charge is 2.00. The number of carbonyl (C=O) groups is 1. The highest BCUT2D eigenvalue weighted by atomic mass is 16.7. The lowest BCUT2D eigenvalue weighted by atomic mass is 10.1. The molecule has 0 fully saturated rings. The van der Waals surface area contributed by atoms with Crippen LogP contribution in [-0.4, -0.2) is 38.3 Å². The van der Waals surface area contributed by atoms with Crippen molar-refractivity contribution in [1.29, 1.82) is 0 Å². The maximum absolute atomic E-state index is 10.8. The van der Waals surface area contributed by atoms with Crippen LogP contribution in [-0.2, 0) is 16.1 Å². The maximum Gasteiger partial charge on any atom is 0.221 e. The summed E-state index contributed by atoms with van der Waals surface area (Å²) in [6.45, 7) is 0.936. The Morgan fingerprint density at radius 3 is 2.76 bits per heavy atom. The predicted octanol–water partition coefficient (Wildman–Crippen LogP) is 0.586. The van der Waals surface area contributed by atoms with E-state index in [0.29, 0.717) is 19.0 Å². The van der Waals surface area contributed by atoms with Crippen LogP contribution in [0.3, 0.4) is 0 Å². The van der Waals surface area contributed by atoms with Crippen LogP contribution in [0.2, 0.25) is 0 Å². The van der Waals surface area contributed by atoms with Crippen LogP contribution in [0.4, 0.5) is 0 Å². The van der Waals surface area contributed by atoms with E-state index in [4.69, 9.17) is 15.3 Å². The van der Waals surface area contributed by atoms with Crippen LogP contribution < -0.4 is 10.5 Å². The minimum absolute atomic E-state index is 0.228. The first-order valence-corrected chi connectivity index (χ1v) is 5.38. The van der Waals surface area contributed by atoms with Crippen LogP contribution in [0.15, 0.2) is 24.3 Å². The maximum atomic E-state index is 10.8. The summed E-state index contributed by atoms with van der Waals surface area (Å²) < 4.78 is 5.47. The lowest BCUT2D eigenvalue weighted by Crippen LogP contribution is -2.17. The molecule has 5 heteroatoms. The second-order valence-corrected chi connectivity index (χ2v) is 3.78. The first-order valence-electron chi connectivity index (χ1n) is 5.38. The van der Waals surface area contributed by atoms with Gasteiger partial charge in [-0.05, 0) is 17.7 Å². The predicted molar refractivity (Wildman–Crippen MR) is 64.5 cm³/mol. The van der Waals surface area contributed by atoms with Gasteiger partial charge in [0.15, 0.2) is 0 Å². The summed E-state index contributed by atoms with van der Waals surface area (Å²) in [5.41, 5.74) is 5.97. The Morgan fingerprint density at radius 1 is 1.35 bits per heavy atom. The molecule has 17 heavy (non-hydrogen) atoms. The van der Waals surface area contributed by atoms with E-state index in [1.165, 1.54) is 0 Å². The number of amides is 1. The fourth-order valence-electron chi connectivity index (χ4n) is 1.33. The van der Waals surface area contributed by atoms with Gasteiger partial charge in [0.05, 0.1) is 6.42 Å². The standard InChI is InChI=1S/C12H18N2O3/c1-14(2)17-7-6-16-11-5-3-4-10(8-11)9-12(13)15/h3-5,8H,6-7,9H2,1-2H3,(H2,13,15). The van der Waals surface area contributed by atoms with Crippen molar-refractivity contribution in [2.24, 2.45) is 5.73 Å². The summed E-state index contributed by atoms with van der Waals surface area (Å²) in [5, 5.41) is 1.62. The monoisotopic (exact) mass is 238 g/mol. The van der Waals surface area contributed by atoms with Gasteiger partial charge in [0.25, 0.3) is 0 Å². The van der Waals surface area contributed by atoms with Crippen molar-refractivity contribution < 1.29 is 14.4 Å². The first-order chi connectivity index (χ1) is 8.08. The van der Waals surface area contributed by atoms with Crippen molar-refractivity contribution in [3.05, 3.63) is 29.8 Å². The van der Waals surface area contributed by atoms with E-state index >= 15 is 0 Å². The van der Waals surface area contributed by atoms with Crippen molar-refractivity contribution in [2.75, 3.05) is 27.3 Å². The lowest BCUT2D eigenvalue weighted by Gasteiger charge is -2.11. The van der Waals surface area contributed by atoms with Gasteiger partial charge in [0, 0.05) is 14.1 Å². The Labute approximate surface area is 101 Å². The molecule has 1 amide bonds. The Balaban J connectivity index is 2.40. The highest BCUT2D eigenvalue weighted by molar-refractivity contribution is 5.76. The van der Waals surface area contributed by atoms with Crippen LogP contribution in [0.25, 0.3) is 0 Å². The van der Waals surface area contributed by atoms with Crippen molar-refractivity contribution in [3.63, 3.8) is 0 Å². The van der Waals surface area contributed by atoms with Gasteiger partial charge in [0.2, 0.25) is 5.91 Å². The zero-order valence-corrected chi connectivity index (χ0v) is 10.2. The van der Waals surface area contributed by atoms with Gasteiger partial charge in [-0.15, -0.1) is 0 Å². The number of hydrogen-bond donors (Lipinski definition) is 1. The normalized spacial score (nSPS) is 10.5. The molecule has 0 saturated carbocycles. The molecule has 0 aliphatic heterocycles. The molecule has 94 valence electrons. The van der Waals surface area contributed by atoms with Crippen molar-refractivity contribution in [3.8, 4) is 5.75 Å².